The minimum Gasteiger partial charge on any atom is -0.383 e. The maximum Gasteiger partial charge on any atom is 0.134 e. The van der Waals surface area contributed by atoms with Crippen molar-refractivity contribution in [3.05, 3.63) is 83.8 Å². The number of fused-ring (bicyclic) bond motifs is 1. The van der Waals surface area contributed by atoms with E-state index in [1.807, 2.05) is 48.1 Å². The van der Waals surface area contributed by atoms with E-state index in [0.29, 0.717) is 31.1 Å². The number of hydrogen-bond acceptors (Lipinski definition) is 5. The molecule has 3 N–H and O–H groups in total. The van der Waals surface area contributed by atoms with Crippen molar-refractivity contribution in [3.63, 3.8) is 0 Å². The van der Waals surface area contributed by atoms with Gasteiger partial charge >= 0.3 is 0 Å². The van der Waals surface area contributed by atoms with Crippen molar-refractivity contribution in [1.82, 2.24) is 14.5 Å². The van der Waals surface area contributed by atoms with E-state index in [-0.39, 0.29) is 5.82 Å². The number of pyridine rings is 1. The third kappa shape index (κ3) is 4.20. The molecular weight excluding hydrogens is 369 g/mol. The van der Waals surface area contributed by atoms with Crippen molar-refractivity contribution in [2.24, 2.45) is 7.05 Å². The van der Waals surface area contributed by atoms with Gasteiger partial charge in [0.05, 0.1) is 6.61 Å². The fourth-order valence-corrected chi connectivity index (χ4v) is 3.19. The van der Waals surface area contributed by atoms with E-state index in [4.69, 9.17) is 10.5 Å². The van der Waals surface area contributed by atoms with Gasteiger partial charge in [-0.05, 0) is 23.8 Å². The molecule has 148 valence electrons. The van der Waals surface area contributed by atoms with Gasteiger partial charge < -0.3 is 20.4 Å². The highest BCUT2D eigenvalue weighted by Gasteiger charge is 2.08. The molecule has 0 unspecified atom stereocenters. The molecule has 7 heteroatoms. The van der Waals surface area contributed by atoms with E-state index in [2.05, 4.69) is 15.3 Å². The van der Waals surface area contributed by atoms with Gasteiger partial charge in [0.2, 0.25) is 0 Å². The zero-order valence-electron chi connectivity index (χ0n) is 16.1. The van der Waals surface area contributed by atoms with Crippen LogP contribution < -0.4 is 11.1 Å². The van der Waals surface area contributed by atoms with E-state index in [0.717, 1.165) is 27.8 Å². The van der Waals surface area contributed by atoms with Gasteiger partial charge in [0, 0.05) is 54.2 Å². The minimum atomic E-state index is -0.267. The van der Waals surface area contributed by atoms with Gasteiger partial charge in [0.25, 0.3) is 0 Å². The van der Waals surface area contributed by atoms with Crippen LogP contribution in [-0.4, -0.2) is 14.5 Å². The molecule has 0 aliphatic rings. The number of nitrogens with two attached hydrogens (primary N) is 1. The molecule has 0 aliphatic carbocycles. The number of nitrogens with one attached hydrogen (secondary N) is 1. The molecule has 2 heterocycles. The molecule has 0 saturated carbocycles. The van der Waals surface area contributed by atoms with Crippen molar-refractivity contribution in [1.29, 1.82) is 0 Å². The predicted molar refractivity (Wildman–Crippen MR) is 112 cm³/mol. The topological polar surface area (TPSA) is 78.0 Å². The average Bonchev–Trinajstić information content (AvgIpc) is 3.13. The maximum absolute atomic E-state index is 14.6. The molecule has 6 nitrogen and oxygen atoms in total. The lowest BCUT2D eigenvalue weighted by atomic mass is 10.1. The van der Waals surface area contributed by atoms with Crippen LogP contribution in [0.3, 0.4) is 0 Å². The number of anilines is 2. The van der Waals surface area contributed by atoms with Crippen molar-refractivity contribution in [2.45, 2.75) is 19.8 Å². The summed E-state index contributed by atoms with van der Waals surface area (Å²) in [7, 11) is 1.91. The summed E-state index contributed by atoms with van der Waals surface area (Å²) >= 11 is 0. The van der Waals surface area contributed by atoms with E-state index >= 15 is 0 Å². The molecule has 0 amide bonds. The van der Waals surface area contributed by atoms with Crippen LogP contribution in [0.1, 0.15) is 17.0 Å². The van der Waals surface area contributed by atoms with E-state index in [1.165, 1.54) is 6.07 Å². The Balaban J connectivity index is 1.40. The first-order chi connectivity index (χ1) is 14.1. The highest BCUT2D eigenvalue weighted by Crippen LogP contribution is 2.26. The van der Waals surface area contributed by atoms with E-state index < -0.39 is 0 Å². The van der Waals surface area contributed by atoms with Crippen molar-refractivity contribution in [3.8, 4) is 0 Å². The van der Waals surface area contributed by atoms with Crippen LogP contribution in [-0.2, 0) is 31.5 Å². The number of nitrogen functional groups attached to an aromatic ring is 1. The Labute approximate surface area is 168 Å². The predicted octanol–water partition coefficient (Wildman–Crippen LogP) is 4.02. The van der Waals surface area contributed by atoms with Crippen LogP contribution in [0.5, 0.6) is 0 Å². The van der Waals surface area contributed by atoms with Crippen LogP contribution in [0.2, 0.25) is 0 Å². The number of halogens is 1. The number of hydrogen-bond donors (Lipinski definition) is 2. The smallest absolute Gasteiger partial charge is 0.134 e. The molecule has 0 fully saturated rings. The first-order valence-corrected chi connectivity index (χ1v) is 9.30. The number of benzene rings is 2. The third-order valence-electron chi connectivity index (χ3n) is 4.84. The molecule has 0 spiro atoms. The van der Waals surface area contributed by atoms with E-state index in [1.54, 1.807) is 18.5 Å². The Morgan fingerprint density at radius 2 is 1.97 bits per heavy atom. The largest absolute Gasteiger partial charge is 0.383 e. The fourth-order valence-electron chi connectivity index (χ4n) is 3.19. The number of ether oxygens (including phenoxy) is 1. The number of rotatable bonds is 7. The van der Waals surface area contributed by atoms with Gasteiger partial charge in [-0.2, -0.15) is 0 Å². The van der Waals surface area contributed by atoms with Crippen LogP contribution in [0.4, 0.5) is 15.9 Å². The zero-order chi connectivity index (χ0) is 20.2. The number of aromatic nitrogens is 3. The van der Waals surface area contributed by atoms with Gasteiger partial charge in [-0.25, -0.2) is 14.4 Å². The molecule has 0 atom stereocenters. The molecule has 2 aromatic heterocycles. The zero-order valence-corrected chi connectivity index (χ0v) is 16.1. The van der Waals surface area contributed by atoms with E-state index in [9.17, 15) is 4.39 Å². The highest BCUT2D eigenvalue weighted by atomic mass is 19.1. The van der Waals surface area contributed by atoms with Crippen LogP contribution in [0.15, 0.2) is 61.1 Å². The molecule has 29 heavy (non-hydrogen) atoms. The number of nitrogens with zero attached hydrogens (tertiary/aromatic N) is 3. The summed E-state index contributed by atoms with van der Waals surface area (Å²) in [6.45, 7) is 1.07. The first-order valence-electron chi connectivity index (χ1n) is 9.30. The van der Waals surface area contributed by atoms with Crippen molar-refractivity contribution in [2.75, 3.05) is 11.1 Å². The molecule has 0 aliphatic heterocycles. The van der Waals surface area contributed by atoms with Gasteiger partial charge in [0.1, 0.15) is 24.1 Å². The second-order valence-electron chi connectivity index (χ2n) is 6.82. The average molecular weight is 391 g/mol. The Morgan fingerprint density at radius 3 is 2.76 bits per heavy atom. The second-order valence-corrected chi connectivity index (χ2v) is 6.82. The molecule has 4 rings (SSSR count). The molecule has 0 bridgehead atoms. The Hall–Kier alpha value is -3.45. The summed E-state index contributed by atoms with van der Waals surface area (Å²) in [5.41, 5.74) is 8.19. The lowest BCUT2D eigenvalue weighted by Crippen LogP contribution is -2.04. The third-order valence-corrected chi connectivity index (χ3v) is 4.84. The van der Waals surface area contributed by atoms with Crippen LogP contribution in [0.25, 0.3) is 10.8 Å². The SMILES string of the molecule is Cn1ccnc1COCc1ccc(CNc2cccc3c(N)nccc23)c(F)c1. The molecule has 4 aromatic rings. The van der Waals surface area contributed by atoms with Crippen LogP contribution >= 0.6 is 0 Å². The molecular formula is C22H22FN5O. The highest BCUT2D eigenvalue weighted by molar-refractivity contribution is 5.99. The Morgan fingerprint density at radius 1 is 1.07 bits per heavy atom. The monoisotopic (exact) mass is 391 g/mol. The normalized spacial score (nSPS) is 11.1. The molecule has 0 saturated heterocycles. The van der Waals surface area contributed by atoms with Gasteiger partial charge in [-0.15, -0.1) is 0 Å². The lowest BCUT2D eigenvalue weighted by molar-refractivity contribution is 0.0998. The van der Waals surface area contributed by atoms with Gasteiger partial charge in [0.15, 0.2) is 0 Å². The van der Waals surface area contributed by atoms with Gasteiger partial charge in [-0.1, -0.05) is 24.3 Å². The van der Waals surface area contributed by atoms with Crippen LogP contribution in [0, 0.1) is 5.82 Å². The minimum absolute atomic E-state index is 0.267. The van der Waals surface area contributed by atoms with Crippen molar-refractivity contribution >= 4 is 22.3 Å². The first kappa shape index (κ1) is 18.9. The lowest BCUT2D eigenvalue weighted by Gasteiger charge is -2.12. The number of imidazole rings is 1. The maximum atomic E-state index is 14.6. The van der Waals surface area contributed by atoms with Crippen molar-refractivity contribution < 1.29 is 9.13 Å². The Bertz CT molecular complexity index is 1140. The van der Waals surface area contributed by atoms with Gasteiger partial charge in [-0.3, -0.25) is 0 Å². The summed E-state index contributed by atoms with van der Waals surface area (Å²) in [4.78, 5) is 8.31. The second kappa shape index (κ2) is 8.28. The number of aryl methyl sites for hydroxylation is 1. The molecule has 0 radical (unpaired) electrons. The quantitative estimate of drug-likeness (QED) is 0.498. The summed E-state index contributed by atoms with van der Waals surface area (Å²) in [6.07, 6.45) is 5.26. The summed E-state index contributed by atoms with van der Waals surface area (Å²) in [6, 6.07) is 12.8. The summed E-state index contributed by atoms with van der Waals surface area (Å²) in [5.74, 6) is 1.04. The molecule has 2 aromatic carbocycles. The standard InChI is InChI=1S/C22H22FN5O/c1-28-10-9-25-21(28)14-29-13-15-5-6-16(19(23)11-15)12-27-20-4-2-3-18-17(20)7-8-26-22(18)24/h2-11,27H,12-14H2,1H3,(H2,24,26). The Kier molecular flexibility index (Phi) is 5.39. The summed E-state index contributed by atoms with van der Waals surface area (Å²) in [5, 5.41) is 5.13. The fraction of sp³-hybridized carbons (Fsp3) is 0.182. The summed E-state index contributed by atoms with van der Waals surface area (Å²) < 4.78 is 22.1.